The molecule has 2 heterocycles. The zero-order valence-electron chi connectivity index (χ0n) is 13.1. The normalized spacial score (nSPS) is 17.9. The van der Waals surface area contributed by atoms with Gasteiger partial charge in [-0.25, -0.2) is 0 Å². The van der Waals surface area contributed by atoms with Crippen molar-refractivity contribution < 1.29 is 9.59 Å². The van der Waals surface area contributed by atoms with E-state index < -0.39 is 0 Å². The van der Waals surface area contributed by atoms with Crippen LogP contribution in [0.5, 0.6) is 0 Å². The minimum atomic E-state index is -0.130. The lowest BCUT2D eigenvalue weighted by Gasteiger charge is -2.41. The Kier molecular flexibility index (Phi) is 4.37. The Balaban J connectivity index is 1.91. The average Bonchev–Trinajstić information content (AvgIpc) is 2.62. The summed E-state index contributed by atoms with van der Waals surface area (Å²) in [5, 5.41) is 0. The first kappa shape index (κ1) is 15.2. The van der Waals surface area contributed by atoms with Gasteiger partial charge in [-0.1, -0.05) is 30.3 Å². The summed E-state index contributed by atoms with van der Waals surface area (Å²) in [6.07, 6.45) is 3.24. The second kappa shape index (κ2) is 6.60. The van der Waals surface area contributed by atoms with Crippen molar-refractivity contribution in [3.05, 3.63) is 66.0 Å². The van der Waals surface area contributed by atoms with E-state index >= 15 is 0 Å². The fourth-order valence-corrected chi connectivity index (χ4v) is 2.93. The zero-order chi connectivity index (χ0) is 16.2. The van der Waals surface area contributed by atoms with E-state index in [-0.39, 0.29) is 17.9 Å². The number of carbonyl (C=O) groups is 2. The standard InChI is InChI=1S/C18H19N3O2/c1-14(22)20-11-12-21(18(23)16-7-9-19-10-8-16)17(13-20)15-5-3-2-4-6-15/h2-10,17H,11-13H2,1H3. The number of amides is 2. The third-order valence-corrected chi connectivity index (χ3v) is 4.20. The number of hydrogen-bond donors (Lipinski definition) is 0. The van der Waals surface area contributed by atoms with Crippen molar-refractivity contribution in [1.29, 1.82) is 0 Å². The molecule has 2 aromatic rings. The Morgan fingerprint density at radius 3 is 2.39 bits per heavy atom. The molecule has 1 aliphatic heterocycles. The topological polar surface area (TPSA) is 53.5 Å². The Labute approximate surface area is 135 Å². The SMILES string of the molecule is CC(=O)N1CCN(C(=O)c2ccncc2)C(c2ccccc2)C1. The maximum Gasteiger partial charge on any atom is 0.254 e. The van der Waals surface area contributed by atoms with Crippen LogP contribution >= 0.6 is 0 Å². The van der Waals surface area contributed by atoms with E-state index in [4.69, 9.17) is 0 Å². The molecule has 23 heavy (non-hydrogen) atoms. The predicted molar refractivity (Wildman–Crippen MR) is 86.7 cm³/mol. The third-order valence-electron chi connectivity index (χ3n) is 4.20. The zero-order valence-corrected chi connectivity index (χ0v) is 13.1. The summed E-state index contributed by atoms with van der Waals surface area (Å²) in [5.41, 5.74) is 1.66. The third kappa shape index (κ3) is 3.23. The number of aromatic nitrogens is 1. The van der Waals surface area contributed by atoms with Crippen molar-refractivity contribution in [3.8, 4) is 0 Å². The van der Waals surface area contributed by atoms with Gasteiger partial charge in [0, 0.05) is 44.5 Å². The maximum absolute atomic E-state index is 12.9. The van der Waals surface area contributed by atoms with Gasteiger partial charge in [-0.15, -0.1) is 0 Å². The van der Waals surface area contributed by atoms with Crippen molar-refractivity contribution in [1.82, 2.24) is 14.8 Å². The minimum absolute atomic E-state index is 0.0237. The monoisotopic (exact) mass is 309 g/mol. The van der Waals surface area contributed by atoms with Crippen LogP contribution in [0.2, 0.25) is 0 Å². The lowest BCUT2D eigenvalue weighted by molar-refractivity contribution is -0.131. The average molecular weight is 309 g/mol. The van der Waals surface area contributed by atoms with Crippen molar-refractivity contribution in [2.75, 3.05) is 19.6 Å². The highest BCUT2D eigenvalue weighted by Crippen LogP contribution is 2.27. The molecule has 5 nitrogen and oxygen atoms in total. The molecule has 1 aliphatic rings. The summed E-state index contributed by atoms with van der Waals surface area (Å²) in [7, 11) is 0. The summed E-state index contributed by atoms with van der Waals surface area (Å²) < 4.78 is 0. The van der Waals surface area contributed by atoms with Gasteiger partial charge in [0.05, 0.1) is 6.04 Å². The summed E-state index contributed by atoms with van der Waals surface area (Å²) >= 11 is 0. The Morgan fingerprint density at radius 2 is 1.74 bits per heavy atom. The second-order valence-corrected chi connectivity index (χ2v) is 5.63. The van der Waals surface area contributed by atoms with E-state index in [9.17, 15) is 9.59 Å². The van der Waals surface area contributed by atoms with E-state index in [1.165, 1.54) is 0 Å². The van der Waals surface area contributed by atoms with Crippen LogP contribution in [0.4, 0.5) is 0 Å². The van der Waals surface area contributed by atoms with Gasteiger partial charge in [-0.05, 0) is 17.7 Å². The van der Waals surface area contributed by atoms with Crippen LogP contribution in [0, 0.1) is 0 Å². The molecule has 3 rings (SSSR count). The molecular weight excluding hydrogens is 290 g/mol. The fraction of sp³-hybridized carbons (Fsp3) is 0.278. The summed E-state index contributed by atoms with van der Waals surface area (Å²) in [6, 6.07) is 13.2. The highest BCUT2D eigenvalue weighted by Gasteiger charge is 2.32. The lowest BCUT2D eigenvalue weighted by atomic mass is 10.0. The first-order valence-electron chi connectivity index (χ1n) is 7.68. The van der Waals surface area contributed by atoms with Crippen molar-refractivity contribution in [2.45, 2.75) is 13.0 Å². The van der Waals surface area contributed by atoms with Crippen LogP contribution in [0.3, 0.4) is 0 Å². The molecule has 0 N–H and O–H groups in total. The first-order chi connectivity index (χ1) is 11.2. The molecule has 5 heteroatoms. The summed E-state index contributed by atoms with van der Waals surface area (Å²) in [5.74, 6) is 0.0198. The molecule has 1 unspecified atom stereocenters. The molecule has 2 amide bonds. The molecular formula is C18H19N3O2. The molecule has 1 aromatic heterocycles. The Bertz CT molecular complexity index is 688. The molecule has 1 saturated heterocycles. The molecule has 0 spiro atoms. The van der Waals surface area contributed by atoms with Gasteiger partial charge in [0.15, 0.2) is 0 Å². The highest BCUT2D eigenvalue weighted by molar-refractivity contribution is 5.94. The highest BCUT2D eigenvalue weighted by atomic mass is 16.2. The van der Waals surface area contributed by atoms with Gasteiger partial charge in [0.25, 0.3) is 5.91 Å². The summed E-state index contributed by atoms with van der Waals surface area (Å²) in [6.45, 7) is 3.19. The molecule has 0 saturated carbocycles. The van der Waals surface area contributed by atoms with E-state index in [1.54, 1.807) is 36.4 Å². The van der Waals surface area contributed by atoms with Gasteiger partial charge in [-0.3, -0.25) is 14.6 Å². The van der Waals surface area contributed by atoms with E-state index in [0.29, 0.717) is 25.2 Å². The van der Waals surface area contributed by atoms with Crippen LogP contribution in [0.1, 0.15) is 28.9 Å². The molecule has 1 atom stereocenters. The van der Waals surface area contributed by atoms with Gasteiger partial charge >= 0.3 is 0 Å². The van der Waals surface area contributed by atoms with Crippen LogP contribution in [-0.4, -0.2) is 46.2 Å². The van der Waals surface area contributed by atoms with Crippen LogP contribution in [0.15, 0.2) is 54.9 Å². The van der Waals surface area contributed by atoms with E-state index in [2.05, 4.69) is 4.98 Å². The van der Waals surface area contributed by atoms with Gasteiger partial charge in [0.2, 0.25) is 5.91 Å². The molecule has 0 aliphatic carbocycles. The number of piperazine rings is 1. The number of carbonyl (C=O) groups excluding carboxylic acids is 2. The predicted octanol–water partition coefficient (Wildman–Crippen LogP) is 2.13. The van der Waals surface area contributed by atoms with E-state index in [0.717, 1.165) is 5.56 Å². The van der Waals surface area contributed by atoms with Crippen LogP contribution in [-0.2, 0) is 4.79 Å². The lowest BCUT2D eigenvalue weighted by Crippen LogP contribution is -2.51. The van der Waals surface area contributed by atoms with Gasteiger partial charge in [-0.2, -0.15) is 0 Å². The van der Waals surface area contributed by atoms with Gasteiger partial charge < -0.3 is 9.80 Å². The van der Waals surface area contributed by atoms with Crippen LogP contribution in [0.25, 0.3) is 0 Å². The fourth-order valence-electron chi connectivity index (χ4n) is 2.93. The maximum atomic E-state index is 12.9. The van der Waals surface area contributed by atoms with Crippen molar-refractivity contribution in [3.63, 3.8) is 0 Å². The Hall–Kier alpha value is -2.69. The molecule has 1 fully saturated rings. The molecule has 1 aromatic carbocycles. The second-order valence-electron chi connectivity index (χ2n) is 5.63. The van der Waals surface area contributed by atoms with Crippen LogP contribution < -0.4 is 0 Å². The molecule has 0 bridgehead atoms. The van der Waals surface area contributed by atoms with Crippen molar-refractivity contribution in [2.24, 2.45) is 0 Å². The summed E-state index contributed by atoms with van der Waals surface area (Å²) in [4.78, 5) is 32.2. The number of hydrogen-bond acceptors (Lipinski definition) is 3. The molecule has 118 valence electrons. The first-order valence-corrected chi connectivity index (χ1v) is 7.68. The minimum Gasteiger partial charge on any atom is -0.339 e. The number of nitrogens with zero attached hydrogens (tertiary/aromatic N) is 3. The van der Waals surface area contributed by atoms with Crippen molar-refractivity contribution >= 4 is 11.8 Å². The van der Waals surface area contributed by atoms with Gasteiger partial charge in [0.1, 0.15) is 0 Å². The number of pyridine rings is 1. The van der Waals surface area contributed by atoms with E-state index in [1.807, 2.05) is 35.2 Å². The Morgan fingerprint density at radius 1 is 1.04 bits per heavy atom. The number of rotatable bonds is 2. The quantitative estimate of drug-likeness (QED) is 0.854. The largest absolute Gasteiger partial charge is 0.339 e. The number of benzene rings is 1. The smallest absolute Gasteiger partial charge is 0.254 e. The molecule has 0 radical (unpaired) electrons.